The summed E-state index contributed by atoms with van der Waals surface area (Å²) in [5, 5.41) is 9.47. The van der Waals surface area contributed by atoms with Crippen LogP contribution in [0.15, 0.2) is 42.6 Å². The lowest BCUT2D eigenvalue weighted by molar-refractivity contribution is 0.122. The van der Waals surface area contributed by atoms with Crippen molar-refractivity contribution in [2.45, 2.75) is 13.0 Å². The zero-order valence-electron chi connectivity index (χ0n) is 12.9. The van der Waals surface area contributed by atoms with Gasteiger partial charge in [0, 0.05) is 44.5 Å². The Morgan fingerprint density at radius 2 is 1.82 bits per heavy atom. The maximum absolute atomic E-state index is 9.47. The highest BCUT2D eigenvalue weighted by Crippen LogP contribution is 2.19. The lowest BCUT2D eigenvalue weighted by Crippen LogP contribution is -2.48. The van der Waals surface area contributed by atoms with Crippen LogP contribution in [-0.2, 0) is 0 Å². The van der Waals surface area contributed by atoms with Crippen LogP contribution in [0, 0.1) is 0 Å². The summed E-state index contributed by atoms with van der Waals surface area (Å²) in [6, 6.07) is 12.0. The predicted molar refractivity (Wildman–Crippen MR) is 87.8 cm³/mol. The first-order valence-electron chi connectivity index (χ1n) is 7.76. The molecule has 0 bridgehead atoms. The van der Waals surface area contributed by atoms with E-state index in [1.807, 2.05) is 49.5 Å². The Morgan fingerprint density at radius 3 is 2.50 bits per heavy atom. The molecule has 0 aliphatic carbocycles. The summed E-state index contributed by atoms with van der Waals surface area (Å²) < 4.78 is 0. The lowest BCUT2D eigenvalue weighted by atomic mass is 10.2. The molecule has 5 nitrogen and oxygen atoms in total. The fraction of sp³-hybridized carbons (Fsp3) is 0.412. The number of hydrogen-bond donors (Lipinski definition) is 1. The maximum Gasteiger partial charge on any atom is 0.161 e. The third-order valence-corrected chi connectivity index (χ3v) is 3.89. The Kier molecular flexibility index (Phi) is 4.65. The molecule has 1 N–H and O–H groups in total. The van der Waals surface area contributed by atoms with Crippen LogP contribution in [0.5, 0.6) is 0 Å². The number of rotatable bonds is 4. The molecule has 116 valence electrons. The minimum Gasteiger partial charge on any atom is -0.392 e. The second kappa shape index (κ2) is 6.85. The number of hydrogen-bond acceptors (Lipinski definition) is 5. The minimum atomic E-state index is -0.268. The van der Waals surface area contributed by atoms with Crippen LogP contribution in [0.4, 0.5) is 5.82 Å². The van der Waals surface area contributed by atoms with Gasteiger partial charge in [0.1, 0.15) is 5.82 Å². The van der Waals surface area contributed by atoms with Crippen molar-refractivity contribution >= 4 is 5.82 Å². The van der Waals surface area contributed by atoms with E-state index in [-0.39, 0.29) is 6.10 Å². The number of piperazine rings is 1. The number of aliphatic hydroxyl groups excluding tert-OH is 1. The number of anilines is 1. The normalized spacial score (nSPS) is 17.5. The molecular formula is C17H22N4O. The van der Waals surface area contributed by atoms with E-state index >= 15 is 0 Å². The van der Waals surface area contributed by atoms with Crippen molar-refractivity contribution in [3.63, 3.8) is 0 Å². The van der Waals surface area contributed by atoms with Gasteiger partial charge in [0.15, 0.2) is 5.82 Å². The van der Waals surface area contributed by atoms with Crippen molar-refractivity contribution in [1.82, 2.24) is 14.9 Å². The molecule has 1 saturated heterocycles. The zero-order chi connectivity index (χ0) is 15.4. The fourth-order valence-electron chi connectivity index (χ4n) is 2.78. The van der Waals surface area contributed by atoms with Crippen LogP contribution in [0.25, 0.3) is 11.4 Å². The van der Waals surface area contributed by atoms with Crippen LogP contribution in [0.2, 0.25) is 0 Å². The van der Waals surface area contributed by atoms with Crippen LogP contribution in [0.1, 0.15) is 6.92 Å². The first-order valence-corrected chi connectivity index (χ1v) is 7.76. The highest BCUT2D eigenvalue weighted by molar-refractivity contribution is 5.57. The second-order valence-electron chi connectivity index (χ2n) is 5.74. The van der Waals surface area contributed by atoms with E-state index in [0.29, 0.717) is 0 Å². The number of aromatic nitrogens is 2. The topological polar surface area (TPSA) is 52.5 Å². The lowest BCUT2D eigenvalue weighted by Gasteiger charge is -2.35. The van der Waals surface area contributed by atoms with Gasteiger partial charge >= 0.3 is 0 Å². The van der Waals surface area contributed by atoms with Crippen molar-refractivity contribution in [1.29, 1.82) is 0 Å². The molecule has 0 unspecified atom stereocenters. The summed E-state index contributed by atoms with van der Waals surface area (Å²) >= 11 is 0. The Hall–Kier alpha value is -1.98. The first kappa shape index (κ1) is 14.9. The molecule has 2 aromatic rings. The summed E-state index contributed by atoms with van der Waals surface area (Å²) in [7, 11) is 0. The third-order valence-electron chi connectivity index (χ3n) is 3.89. The molecule has 1 aliphatic rings. The number of nitrogens with zero attached hydrogens (tertiary/aromatic N) is 4. The summed E-state index contributed by atoms with van der Waals surface area (Å²) in [5.41, 5.74) is 1.04. The van der Waals surface area contributed by atoms with Crippen molar-refractivity contribution in [3.8, 4) is 11.4 Å². The Bertz CT molecular complexity index is 595. The summed E-state index contributed by atoms with van der Waals surface area (Å²) in [5.74, 6) is 1.75. The smallest absolute Gasteiger partial charge is 0.161 e. The van der Waals surface area contributed by atoms with Crippen LogP contribution < -0.4 is 4.90 Å². The largest absolute Gasteiger partial charge is 0.392 e. The van der Waals surface area contributed by atoms with Crippen molar-refractivity contribution < 1.29 is 5.11 Å². The summed E-state index contributed by atoms with van der Waals surface area (Å²) in [6.45, 7) is 6.34. The molecule has 1 fully saturated rings. The summed E-state index contributed by atoms with van der Waals surface area (Å²) in [4.78, 5) is 13.7. The zero-order valence-corrected chi connectivity index (χ0v) is 12.9. The first-order chi connectivity index (χ1) is 10.7. The molecule has 1 aliphatic heterocycles. The average Bonchev–Trinajstić information content (AvgIpc) is 2.56. The second-order valence-corrected chi connectivity index (χ2v) is 5.74. The average molecular weight is 298 g/mol. The number of aliphatic hydroxyl groups is 1. The molecule has 3 rings (SSSR count). The van der Waals surface area contributed by atoms with Gasteiger partial charge in [0.2, 0.25) is 0 Å². The van der Waals surface area contributed by atoms with Gasteiger partial charge in [-0.25, -0.2) is 9.97 Å². The van der Waals surface area contributed by atoms with E-state index in [2.05, 4.69) is 14.8 Å². The van der Waals surface area contributed by atoms with E-state index in [9.17, 15) is 5.11 Å². The molecular weight excluding hydrogens is 276 g/mol. The molecule has 5 heteroatoms. The standard InChI is InChI=1S/C17H22N4O/c1-14(22)13-20-9-11-21(12-10-20)16-7-8-18-17(19-16)15-5-3-2-4-6-15/h2-8,14,22H,9-13H2,1H3/t14-/m1/s1. The molecule has 0 saturated carbocycles. The quantitative estimate of drug-likeness (QED) is 0.930. The van der Waals surface area contributed by atoms with Gasteiger partial charge in [-0.05, 0) is 13.0 Å². The molecule has 0 amide bonds. The van der Waals surface area contributed by atoms with Crippen LogP contribution in [-0.4, -0.2) is 58.8 Å². The van der Waals surface area contributed by atoms with Crippen molar-refractivity contribution in [2.75, 3.05) is 37.6 Å². The minimum absolute atomic E-state index is 0.268. The number of benzene rings is 1. The van der Waals surface area contributed by atoms with Gasteiger partial charge in [-0.3, -0.25) is 4.90 Å². The molecule has 1 aromatic carbocycles. The highest BCUT2D eigenvalue weighted by atomic mass is 16.3. The molecule has 1 aromatic heterocycles. The Morgan fingerprint density at radius 1 is 1.09 bits per heavy atom. The molecule has 2 heterocycles. The van der Waals surface area contributed by atoms with E-state index in [0.717, 1.165) is 49.9 Å². The highest BCUT2D eigenvalue weighted by Gasteiger charge is 2.19. The molecule has 1 atom stereocenters. The van der Waals surface area contributed by atoms with Gasteiger partial charge in [-0.2, -0.15) is 0 Å². The molecule has 0 radical (unpaired) electrons. The monoisotopic (exact) mass is 298 g/mol. The van der Waals surface area contributed by atoms with Gasteiger partial charge in [0.25, 0.3) is 0 Å². The Balaban J connectivity index is 1.69. The van der Waals surface area contributed by atoms with Gasteiger partial charge < -0.3 is 10.0 Å². The maximum atomic E-state index is 9.47. The van der Waals surface area contributed by atoms with Crippen molar-refractivity contribution in [2.24, 2.45) is 0 Å². The summed E-state index contributed by atoms with van der Waals surface area (Å²) in [6.07, 6.45) is 1.56. The van der Waals surface area contributed by atoms with E-state index in [4.69, 9.17) is 4.98 Å². The van der Waals surface area contributed by atoms with Crippen LogP contribution in [0.3, 0.4) is 0 Å². The Labute approximate surface area is 131 Å². The molecule has 22 heavy (non-hydrogen) atoms. The van der Waals surface area contributed by atoms with Crippen molar-refractivity contribution in [3.05, 3.63) is 42.6 Å². The third kappa shape index (κ3) is 3.61. The van der Waals surface area contributed by atoms with Gasteiger partial charge in [-0.15, -0.1) is 0 Å². The van der Waals surface area contributed by atoms with E-state index in [1.54, 1.807) is 0 Å². The fourth-order valence-corrected chi connectivity index (χ4v) is 2.78. The SMILES string of the molecule is C[C@@H](O)CN1CCN(c2ccnc(-c3ccccc3)n2)CC1. The molecule has 0 spiro atoms. The van der Waals surface area contributed by atoms with E-state index < -0.39 is 0 Å². The van der Waals surface area contributed by atoms with Gasteiger partial charge in [0.05, 0.1) is 6.10 Å². The predicted octanol–water partition coefficient (Wildman–Crippen LogP) is 1.65. The van der Waals surface area contributed by atoms with Gasteiger partial charge in [-0.1, -0.05) is 30.3 Å². The van der Waals surface area contributed by atoms with Crippen LogP contribution >= 0.6 is 0 Å². The number of β-amino-alcohol motifs (C(OH)–C–C–N with tert-alkyl or cyclic N) is 1. The van der Waals surface area contributed by atoms with E-state index in [1.165, 1.54) is 0 Å².